The molecular weight excluding hydrogens is 473 g/mol. The van der Waals surface area contributed by atoms with Crippen LogP contribution >= 0.6 is 23.4 Å². The quantitative estimate of drug-likeness (QED) is 0.363. The van der Waals surface area contributed by atoms with Crippen LogP contribution < -0.4 is 10.6 Å². The van der Waals surface area contributed by atoms with Crippen molar-refractivity contribution >= 4 is 46.6 Å². The average Bonchev–Trinajstić information content (AvgIpc) is 2.76. The normalized spacial score (nSPS) is 12.2. The smallest absolute Gasteiger partial charge is 0.326 e. The fraction of sp³-hybridized carbons (Fsp3) is 0.167. The number of halogens is 4. The Morgan fingerprint density at radius 2 is 1.64 bits per heavy atom. The zero-order chi connectivity index (χ0) is 24.0. The lowest BCUT2D eigenvalue weighted by atomic mass is 10.1. The van der Waals surface area contributed by atoms with Crippen LogP contribution in [0.2, 0.25) is 5.02 Å². The van der Waals surface area contributed by atoms with E-state index in [9.17, 15) is 22.8 Å². The first-order valence-corrected chi connectivity index (χ1v) is 11.2. The molecule has 0 spiro atoms. The Morgan fingerprint density at radius 1 is 0.970 bits per heavy atom. The predicted octanol–water partition coefficient (Wildman–Crippen LogP) is 6.66. The third-order valence-corrected chi connectivity index (χ3v) is 6.02. The zero-order valence-corrected chi connectivity index (χ0v) is 19.0. The number of hydrogen-bond acceptors (Lipinski definition) is 3. The third kappa shape index (κ3) is 7.27. The molecule has 3 aromatic carbocycles. The van der Waals surface area contributed by atoms with Gasteiger partial charge >= 0.3 is 6.18 Å². The van der Waals surface area contributed by atoms with Gasteiger partial charge in [0.15, 0.2) is 0 Å². The lowest BCUT2D eigenvalue weighted by molar-refractivity contribution is -0.137. The summed E-state index contributed by atoms with van der Waals surface area (Å²) in [5, 5.41) is 4.69. The van der Waals surface area contributed by atoms with Crippen molar-refractivity contribution < 1.29 is 22.8 Å². The van der Waals surface area contributed by atoms with Crippen molar-refractivity contribution in [3.63, 3.8) is 0 Å². The highest BCUT2D eigenvalue weighted by atomic mass is 35.5. The van der Waals surface area contributed by atoms with E-state index in [0.29, 0.717) is 5.69 Å². The number of alkyl halides is 3. The largest absolute Gasteiger partial charge is 0.416 e. The monoisotopic (exact) mass is 492 g/mol. The molecule has 0 aliphatic heterocycles. The molecule has 4 nitrogen and oxygen atoms in total. The van der Waals surface area contributed by atoms with E-state index < -0.39 is 22.9 Å². The van der Waals surface area contributed by atoms with Gasteiger partial charge in [0.1, 0.15) is 0 Å². The average molecular weight is 493 g/mol. The highest BCUT2D eigenvalue weighted by molar-refractivity contribution is 8.00. The lowest BCUT2D eigenvalue weighted by Crippen LogP contribution is -2.23. The van der Waals surface area contributed by atoms with Crippen molar-refractivity contribution in [3.05, 3.63) is 88.9 Å². The van der Waals surface area contributed by atoms with Gasteiger partial charge in [0.05, 0.1) is 27.9 Å². The number of amides is 2. The van der Waals surface area contributed by atoms with Gasteiger partial charge in [0.2, 0.25) is 11.8 Å². The van der Waals surface area contributed by atoms with Crippen LogP contribution in [0.1, 0.15) is 18.1 Å². The molecule has 9 heteroatoms. The van der Waals surface area contributed by atoms with Crippen LogP contribution in [-0.2, 0) is 22.2 Å². The van der Waals surface area contributed by atoms with Crippen LogP contribution in [0.5, 0.6) is 0 Å². The van der Waals surface area contributed by atoms with Crippen molar-refractivity contribution in [3.8, 4) is 0 Å². The molecule has 3 rings (SSSR count). The number of benzene rings is 3. The first-order valence-electron chi connectivity index (χ1n) is 9.90. The predicted molar refractivity (Wildman–Crippen MR) is 126 cm³/mol. The molecule has 0 saturated heterocycles. The van der Waals surface area contributed by atoms with Crippen LogP contribution in [0.4, 0.5) is 24.5 Å². The molecule has 0 aromatic heterocycles. The topological polar surface area (TPSA) is 58.2 Å². The minimum absolute atomic E-state index is 0.0177. The summed E-state index contributed by atoms with van der Waals surface area (Å²) < 4.78 is 38.8. The summed E-state index contributed by atoms with van der Waals surface area (Å²) in [5.74, 6) is -0.631. The minimum atomic E-state index is -4.54. The SMILES string of the molecule is CC(Sc1ccc(NC(=O)Cc2ccccc2)cc1)C(=O)Nc1cc(C(F)(F)F)ccc1Cl. The zero-order valence-electron chi connectivity index (χ0n) is 17.4. The number of carbonyl (C=O) groups is 2. The molecule has 0 saturated carbocycles. The summed E-state index contributed by atoms with van der Waals surface area (Å²) in [4.78, 5) is 25.4. The molecule has 172 valence electrons. The Bertz CT molecular complexity index is 1120. The molecule has 0 bridgehead atoms. The number of nitrogens with one attached hydrogen (secondary N) is 2. The summed E-state index contributed by atoms with van der Waals surface area (Å²) in [6, 6.07) is 19.1. The number of carbonyl (C=O) groups excluding carboxylic acids is 2. The van der Waals surface area contributed by atoms with Crippen molar-refractivity contribution in [1.29, 1.82) is 0 Å². The van der Waals surface area contributed by atoms with Gasteiger partial charge < -0.3 is 10.6 Å². The van der Waals surface area contributed by atoms with E-state index in [-0.39, 0.29) is 23.0 Å². The maximum Gasteiger partial charge on any atom is 0.416 e. The molecule has 2 N–H and O–H groups in total. The molecule has 2 amide bonds. The van der Waals surface area contributed by atoms with Crippen LogP contribution in [-0.4, -0.2) is 17.1 Å². The third-order valence-electron chi connectivity index (χ3n) is 4.58. The van der Waals surface area contributed by atoms with E-state index >= 15 is 0 Å². The van der Waals surface area contributed by atoms with Gasteiger partial charge in [-0.1, -0.05) is 41.9 Å². The second-order valence-corrected chi connectivity index (χ2v) is 9.00. The van der Waals surface area contributed by atoms with Crippen LogP contribution in [0.3, 0.4) is 0 Å². The molecule has 3 aromatic rings. The van der Waals surface area contributed by atoms with E-state index in [4.69, 9.17) is 11.6 Å². The molecule has 0 heterocycles. The number of anilines is 2. The summed E-state index contributed by atoms with van der Waals surface area (Å²) in [6.45, 7) is 1.64. The lowest BCUT2D eigenvalue weighted by Gasteiger charge is -2.15. The minimum Gasteiger partial charge on any atom is -0.326 e. The van der Waals surface area contributed by atoms with Crippen molar-refractivity contribution in [2.45, 2.75) is 29.7 Å². The summed E-state index contributed by atoms with van der Waals surface area (Å²) in [7, 11) is 0. The maximum atomic E-state index is 12.9. The Balaban J connectivity index is 1.56. The molecule has 0 radical (unpaired) electrons. The van der Waals surface area contributed by atoms with E-state index in [1.54, 1.807) is 31.2 Å². The molecule has 0 aliphatic carbocycles. The van der Waals surface area contributed by atoms with E-state index in [0.717, 1.165) is 28.7 Å². The molecule has 0 aliphatic rings. The fourth-order valence-corrected chi connectivity index (χ4v) is 3.92. The summed E-state index contributed by atoms with van der Waals surface area (Å²) in [5.41, 5.74) is 0.531. The van der Waals surface area contributed by atoms with Gasteiger partial charge in [-0.05, 0) is 55.0 Å². The second-order valence-electron chi connectivity index (χ2n) is 7.18. The molecule has 33 heavy (non-hydrogen) atoms. The van der Waals surface area contributed by atoms with Gasteiger partial charge in [0.25, 0.3) is 0 Å². The number of rotatable bonds is 7. The van der Waals surface area contributed by atoms with Gasteiger partial charge in [-0.25, -0.2) is 0 Å². The van der Waals surface area contributed by atoms with Gasteiger partial charge in [-0.2, -0.15) is 13.2 Å². The Morgan fingerprint density at radius 3 is 2.27 bits per heavy atom. The standard InChI is InChI=1S/C24H20ClF3N2O2S/c1-15(23(32)30-21-14-17(24(26,27)28)7-12-20(21)25)33-19-10-8-18(9-11-19)29-22(31)13-16-5-3-2-4-6-16/h2-12,14-15H,13H2,1H3,(H,29,31)(H,30,32). The van der Waals surface area contributed by atoms with Crippen LogP contribution in [0.15, 0.2) is 77.7 Å². The number of hydrogen-bond donors (Lipinski definition) is 2. The molecule has 0 fully saturated rings. The molecule has 1 unspecified atom stereocenters. The molecular formula is C24H20ClF3N2O2S. The summed E-state index contributed by atoms with van der Waals surface area (Å²) in [6.07, 6.45) is -4.28. The number of thioether (sulfide) groups is 1. The van der Waals surface area contributed by atoms with Crippen molar-refractivity contribution in [1.82, 2.24) is 0 Å². The highest BCUT2D eigenvalue weighted by Gasteiger charge is 2.31. The van der Waals surface area contributed by atoms with Crippen LogP contribution in [0.25, 0.3) is 0 Å². The highest BCUT2D eigenvalue weighted by Crippen LogP contribution is 2.34. The van der Waals surface area contributed by atoms with E-state index in [1.165, 1.54) is 11.8 Å². The summed E-state index contributed by atoms with van der Waals surface area (Å²) >= 11 is 7.17. The first-order chi connectivity index (χ1) is 15.6. The molecule has 1 atom stereocenters. The van der Waals surface area contributed by atoms with Crippen LogP contribution in [0, 0.1) is 0 Å². The van der Waals surface area contributed by atoms with Gasteiger partial charge in [-0.3, -0.25) is 9.59 Å². The van der Waals surface area contributed by atoms with E-state index in [1.807, 2.05) is 30.3 Å². The second kappa shape index (κ2) is 10.8. The van der Waals surface area contributed by atoms with E-state index in [2.05, 4.69) is 10.6 Å². The Labute approximate surface area is 198 Å². The Hall–Kier alpha value is -2.97. The van der Waals surface area contributed by atoms with Crippen molar-refractivity contribution in [2.24, 2.45) is 0 Å². The fourth-order valence-electron chi connectivity index (χ4n) is 2.89. The first kappa shape index (κ1) is 24.7. The van der Waals surface area contributed by atoms with Crippen molar-refractivity contribution in [2.75, 3.05) is 10.6 Å². The maximum absolute atomic E-state index is 12.9. The van der Waals surface area contributed by atoms with Gasteiger partial charge in [-0.15, -0.1) is 11.8 Å². The van der Waals surface area contributed by atoms with Gasteiger partial charge in [0, 0.05) is 10.6 Å². The Kier molecular flexibility index (Phi) is 8.05.